The number of pyridine rings is 2. The van der Waals surface area contributed by atoms with Gasteiger partial charge in [-0.15, -0.1) is 0 Å². The molecule has 2 heterocycles. The minimum atomic E-state index is 0.971. The summed E-state index contributed by atoms with van der Waals surface area (Å²) in [4.78, 5) is 8.35. The zero-order chi connectivity index (χ0) is 11.1. The van der Waals surface area contributed by atoms with Crippen LogP contribution in [0.1, 0.15) is 19.4 Å². The molecule has 0 spiro atoms. The molecule has 15 heavy (non-hydrogen) atoms. The Balaban J connectivity index is 0.000000531. The van der Waals surface area contributed by atoms with Gasteiger partial charge in [-0.3, -0.25) is 9.97 Å². The Kier molecular flexibility index (Phi) is 4.48. The molecule has 0 unspecified atom stereocenters. The van der Waals surface area contributed by atoms with Crippen molar-refractivity contribution in [1.29, 1.82) is 0 Å². The summed E-state index contributed by atoms with van der Waals surface area (Å²) >= 11 is 0. The lowest BCUT2D eigenvalue weighted by Gasteiger charge is -1.99. The van der Waals surface area contributed by atoms with Crippen molar-refractivity contribution in [2.24, 2.45) is 0 Å². The fraction of sp³-hybridized carbons (Fsp3) is 0.231. The molecule has 0 aromatic carbocycles. The molecule has 0 radical (unpaired) electrons. The van der Waals surface area contributed by atoms with Gasteiger partial charge in [0.2, 0.25) is 0 Å². The van der Waals surface area contributed by atoms with Gasteiger partial charge in [0.1, 0.15) is 0 Å². The van der Waals surface area contributed by atoms with Crippen molar-refractivity contribution in [3.8, 4) is 11.3 Å². The molecule has 0 amide bonds. The normalized spacial score (nSPS) is 9.00. The second kappa shape index (κ2) is 5.91. The quantitative estimate of drug-likeness (QED) is 0.704. The summed E-state index contributed by atoms with van der Waals surface area (Å²) in [6.07, 6.45) is 5.44. The summed E-state index contributed by atoms with van der Waals surface area (Å²) < 4.78 is 0. The van der Waals surface area contributed by atoms with Gasteiger partial charge in [0.15, 0.2) is 0 Å². The van der Waals surface area contributed by atoms with E-state index in [1.54, 1.807) is 6.20 Å². The first-order valence-electron chi connectivity index (χ1n) is 5.19. The van der Waals surface area contributed by atoms with E-state index in [4.69, 9.17) is 0 Å². The monoisotopic (exact) mass is 200 g/mol. The van der Waals surface area contributed by atoms with Crippen LogP contribution in [0.15, 0.2) is 42.9 Å². The van der Waals surface area contributed by atoms with E-state index in [-0.39, 0.29) is 0 Å². The van der Waals surface area contributed by atoms with E-state index < -0.39 is 0 Å². The highest BCUT2D eigenvalue weighted by Crippen LogP contribution is 2.14. The molecule has 0 aliphatic carbocycles. The van der Waals surface area contributed by atoms with E-state index in [1.807, 2.05) is 51.4 Å². The summed E-state index contributed by atoms with van der Waals surface area (Å²) in [6.45, 7) is 6.03. The maximum Gasteiger partial charge on any atom is 0.0717 e. The second-order valence-electron chi connectivity index (χ2n) is 2.96. The van der Waals surface area contributed by atoms with Crippen LogP contribution in [0.3, 0.4) is 0 Å². The highest BCUT2D eigenvalue weighted by atomic mass is 14.7. The van der Waals surface area contributed by atoms with Crippen molar-refractivity contribution in [1.82, 2.24) is 9.97 Å². The van der Waals surface area contributed by atoms with Gasteiger partial charge in [0.25, 0.3) is 0 Å². The molecule has 0 atom stereocenters. The van der Waals surface area contributed by atoms with E-state index in [9.17, 15) is 0 Å². The maximum atomic E-state index is 4.31. The zero-order valence-corrected chi connectivity index (χ0v) is 9.44. The fourth-order valence-corrected chi connectivity index (χ4v) is 1.15. The van der Waals surface area contributed by atoms with E-state index in [2.05, 4.69) is 16.0 Å². The van der Waals surface area contributed by atoms with E-state index in [0.717, 1.165) is 11.3 Å². The highest BCUT2D eigenvalue weighted by Gasteiger charge is 1.96. The third kappa shape index (κ3) is 3.17. The van der Waals surface area contributed by atoms with Gasteiger partial charge in [0, 0.05) is 24.2 Å². The minimum absolute atomic E-state index is 0.971. The molecule has 78 valence electrons. The lowest BCUT2D eigenvalue weighted by Crippen LogP contribution is -1.84. The molecular formula is C13H16N2. The number of hydrogen-bond donors (Lipinski definition) is 0. The fourth-order valence-electron chi connectivity index (χ4n) is 1.15. The van der Waals surface area contributed by atoms with Crippen LogP contribution in [0.5, 0.6) is 0 Å². The average Bonchev–Trinajstić information content (AvgIpc) is 2.34. The predicted octanol–water partition coefficient (Wildman–Crippen LogP) is 3.48. The van der Waals surface area contributed by atoms with Crippen molar-refractivity contribution in [2.75, 3.05) is 0 Å². The molecule has 0 bridgehead atoms. The predicted molar refractivity (Wildman–Crippen MR) is 63.6 cm³/mol. The topological polar surface area (TPSA) is 25.8 Å². The van der Waals surface area contributed by atoms with Gasteiger partial charge in [0.05, 0.1) is 5.69 Å². The van der Waals surface area contributed by atoms with Crippen molar-refractivity contribution >= 4 is 0 Å². The molecule has 2 heteroatoms. The van der Waals surface area contributed by atoms with Crippen LogP contribution in [0.2, 0.25) is 0 Å². The van der Waals surface area contributed by atoms with Gasteiger partial charge >= 0.3 is 0 Å². The Labute approximate surface area is 91.0 Å². The van der Waals surface area contributed by atoms with Crippen molar-refractivity contribution in [2.45, 2.75) is 20.8 Å². The lowest BCUT2D eigenvalue weighted by molar-refractivity contribution is 1.25. The number of nitrogens with zero attached hydrogens (tertiary/aromatic N) is 2. The van der Waals surface area contributed by atoms with Crippen LogP contribution in [-0.2, 0) is 0 Å². The number of rotatable bonds is 1. The number of aryl methyl sites for hydroxylation is 1. The Morgan fingerprint density at radius 1 is 1.00 bits per heavy atom. The van der Waals surface area contributed by atoms with Gasteiger partial charge in [-0.1, -0.05) is 19.9 Å². The summed E-state index contributed by atoms with van der Waals surface area (Å²) in [5.41, 5.74) is 3.20. The maximum absolute atomic E-state index is 4.31. The van der Waals surface area contributed by atoms with E-state index in [0.29, 0.717) is 0 Å². The molecule has 0 saturated carbocycles. The smallest absolute Gasteiger partial charge is 0.0717 e. The van der Waals surface area contributed by atoms with Crippen molar-refractivity contribution in [3.63, 3.8) is 0 Å². The Hall–Kier alpha value is -1.70. The highest BCUT2D eigenvalue weighted by molar-refractivity contribution is 5.57. The first-order chi connectivity index (χ1) is 7.36. The number of aromatic nitrogens is 2. The summed E-state index contributed by atoms with van der Waals surface area (Å²) in [7, 11) is 0. The molecular weight excluding hydrogens is 184 g/mol. The van der Waals surface area contributed by atoms with Gasteiger partial charge < -0.3 is 0 Å². The van der Waals surface area contributed by atoms with Gasteiger partial charge in [-0.05, 0) is 30.7 Å². The van der Waals surface area contributed by atoms with E-state index >= 15 is 0 Å². The van der Waals surface area contributed by atoms with Crippen molar-refractivity contribution < 1.29 is 0 Å². The molecule has 0 N–H and O–H groups in total. The largest absolute Gasteiger partial charge is 0.264 e. The molecule has 2 aromatic rings. The first-order valence-corrected chi connectivity index (χ1v) is 5.19. The minimum Gasteiger partial charge on any atom is -0.264 e. The molecule has 0 saturated heterocycles. The van der Waals surface area contributed by atoms with Crippen LogP contribution >= 0.6 is 0 Å². The third-order valence-corrected chi connectivity index (χ3v) is 1.87. The van der Waals surface area contributed by atoms with Crippen LogP contribution in [0, 0.1) is 6.92 Å². The van der Waals surface area contributed by atoms with Crippen molar-refractivity contribution in [3.05, 3.63) is 48.4 Å². The third-order valence-electron chi connectivity index (χ3n) is 1.87. The molecule has 2 nitrogen and oxygen atoms in total. The van der Waals surface area contributed by atoms with Crippen LogP contribution in [-0.4, -0.2) is 9.97 Å². The van der Waals surface area contributed by atoms with Crippen LogP contribution in [0.25, 0.3) is 11.3 Å². The molecule has 0 aliphatic heterocycles. The molecule has 0 fully saturated rings. The van der Waals surface area contributed by atoms with Crippen LogP contribution < -0.4 is 0 Å². The first kappa shape index (κ1) is 11.4. The standard InChI is InChI=1S/C11H10N2.C2H6/c1-9-4-5-11(13-7-9)10-3-2-6-12-8-10;1-2/h2-8H,1H3;1-2H3. The van der Waals surface area contributed by atoms with Crippen LogP contribution in [0.4, 0.5) is 0 Å². The Bertz CT molecular complexity index is 379. The van der Waals surface area contributed by atoms with Gasteiger partial charge in [-0.2, -0.15) is 0 Å². The summed E-state index contributed by atoms with van der Waals surface area (Å²) in [6, 6.07) is 7.98. The number of hydrogen-bond acceptors (Lipinski definition) is 2. The molecule has 2 aromatic heterocycles. The Morgan fingerprint density at radius 2 is 1.80 bits per heavy atom. The zero-order valence-electron chi connectivity index (χ0n) is 9.44. The Morgan fingerprint density at radius 3 is 2.33 bits per heavy atom. The SMILES string of the molecule is CC.Cc1ccc(-c2cccnc2)nc1. The lowest BCUT2D eigenvalue weighted by atomic mass is 10.2. The summed E-state index contributed by atoms with van der Waals surface area (Å²) in [5.74, 6) is 0. The molecule has 0 aliphatic rings. The average molecular weight is 200 g/mol. The summed E-state index contributed by atoms with van der Waals surface area (Å²) in [5, 5.41) is 0. The van der Waals surface area contributed by atoms with E-state index in [1.165, 1.54) is 5.56 Å². The second-order valence-corrected chi connectivity index (χ2v) is 2.96. The molecule has 2 rings (SSSR count). The van der Waals surface area contributed by atoms with Gasteiger partial charge in [-0.25, -0.2) is 0 Å².